The number of anilines is 2. The van der Waals surface area contributed by atoms with Crippen LogP contribution in [0.15, 0.2) is 47.4 Å². The molecule has 0 unspecified atom stereocenters. The van der Waals surface area contributed by atoms with Crippen LogP contribution < -0.4 is 10.2 Å². The molecule has 1 amide bonds. The summed E-state index contributed by atoms with van der Waals surface area (Å²) in [5.74, 6) is -0.476. The van der Waals surface area contributed by atoms with Crippen molar-refractivity contribution in [3.8, 4) is 0 Å². The first-order valence-electron chi connectivity index (χ1n) is 8.90. The molecular weight excluding hydrogens is 382 g/mol. The Morgan fingerprint density at radius 2 is 1.71 bits per heavy atom. The van der Waals surface area contributed by atoms with E-state index in [1.54, 1.807) is 6.07 Å². The van der Waals surface area contributed by atoms with Crippen molar-refractivity contribution in [2.45, 2.75) is 24.2 Å². The summed E-state index contributed by atoms with van der Waals surface area (Å²) < 4.78 is 23.1. The molecule has 0 saturated carbocycles. The van der Waals surface area contributed by atoms with E-state index in [1.807, 2.05) is 0 Å². The predicted molar refractivity (Wildman–Crippen MR) is 107 cm³/mol. The highest BCUT2D eigenvalue weighted by atomic mass is 32.2. The van der Waals surface area contributed by atoms with Crippen LogP contribution in [0.25, 0.3) is 0 Å². The van der Waals surface area contributed by atoms with E-state index in [0.717, 1.165) is 38.6 Å². The number of hydrogen-bond acceptors (Lipinski definition) is 6. The maximum Gasteiger partial charge on any atom is 0.270 e. The van der Waals surface area contributed by atoms with Gasteiger partial charge in [-0.15, -0.1) is 0 Å². The van der Waals surface area contributed by atoms with Crippen molar-refractivity contribution < 1.29 is 18.1 Å². The zero-order chi connectivity index (χ0) is 20.3. The van der Waals surface area contributed by atoms with Gasteiger partial charge in [0.05, 0.1) is 21.1 Å². The van der Waals surface area contributed by atoms with Gasteiger partial charge in [-0.3, -0.25) is 14.9 Å². The number of nitrogens with one attached hydrogen (secondary N) is 1. The van der Waals surface area contributed by atoms with Gasteiger partial charge in [-0.05, 0) is 49.6 Å². The highest BCUT2D eigenvalue weighted by Crippen LogP contribution is 2.29. The van der Waals surface area contributed by atoms with Crippen LogP contribution in [0.5, 0.6) is 0 Å². The summed E-state index contributed by atoms with van der Waals surface area (Å²) in [5.41, 5.74) is 1.14. The van der Waals surface area contributed by atoms with Gasteiger partial charge in [-0.1, -0.05) is 0 Å². The number of nitro benzene ring substituents is 1. The molecule has 1 fully saturated rings. The molecule has 3 rings (SSSR count). The van der Waals surface area contributed by atoms with Gasteiger partial charge in [0.1, 0.15) is 0 Å². The Morgan fingerprint density at radius 3 is 2.29 bits per heavy atom. The van der Waals surface area contributed by atoms with E-state index in [1.165, 1.54) is 36.4 Å². The SMILES string of the molecule is CS(=O)(=O)c1ccc(NC(=O)c2cc([N+](=O)[O-])ccc2N2CCCCC2)cc1. The van der Waals surface area contributed by atoms with Gasteiger partial charge in [0.25, 0.3) is 11.6 Å². The number of amides is 1. The van der Waals surface area contributed by atoms with E-state index in [-0.39, 0.29) is 16.1 Å². The maximum atomic E-state index is 12.9. The smallest absolute Gasteiger partial charge is 0.270 e. The number of sulfone groups is 1. The monoisotopic (exact) mass is 403 g/mol. The van der Waals surface area contributed by atoms with Crippen molar-refractivity contribution in [2.75, 3.05) is 29.6 Å². The van der Waals surface area contributed by atoms with Crippen LogP contribution in [0, 0.1) is 10.1 Å². The third-order valence-corrected chi connectivity index (χ3v) is 5.80. The van der Waals surface area contributed by atoms with Gasteiger partial charge >= 0.3 is 0 Å². The Bertz CT molecular complexity index is 997. The molecular formula is C19H21N3O5S. The molecule has 0 radical (unpaired) electrons. The summed E-state index contributed by atoms with van der Waals surface area (Å²) >= 11 is 0. The van der Waals surface area contributed by atoms with E-state index in [2.05, 4.69) is 10.2 Å². The van der Waals surface area contributed by atoms with Crippen LogP contribution in [-0.4, -0.2) is 38.6 Å². The van der Waals surface area contributed by atoms with Gasteiger partial charge in [-0.25, -0.2) is 8.42 Å². The summed E-state index contributed by atoms with van der Waals surface area (Å²) in [5, 5.41) is 13.9. The fourth-order valence-electron chi connectivity index (χ4n) is 3.21. The molecule has 1 aliphatic rings. The number of carbonyl (C=O) groups is 1. The molecule has 1 heterocycles. The van der Waals surface area contributed by atoms with Crippen molar-refractivity contribution in [1.82, 2.24) is 0 Å². The Balaban J connectivity index is 1.90. The third kappa shape index (κ3) is 4.48. The number of benzene rings is 2. The number of piperidine rings is 1. The zero-order valence-corrected chi connectivity index (χ0v) is 16.2. The number of non-ortho nitro benzene ring substituents is 1. The first-order valence-corrected chi connectivity index (χ1v) is 10.8. The standard InChI is InChI=1S/C19H21N3O5S/c1-28(26,27)16-8-5-14(6-9-16)20-19(23)17-13-15(22(24)25)7-10-18(17)21-11-3-2-4-12-21/h5-10,13H,2-4,11-12H2,1H3,(H,20,23). The molecule has 28 heavy (non-hydrogen) atoms. The van der Waals surface area contributed by atoms with E-state index in [9.17, 15) is 23.3 Å². The van der Waals surface area contributed by atoms with Crippen molar-refractivity contribution >= 4 is 32.8 Å². The fourth-order valence-corrected chi connectivity index (χ4v) is 3.84. The molecule has 2 aromatic rings. The number of nitro groups is 1. The van der Waals surface area contributed by atoms with E-state index >= 15 is 0 Å². The first-order chi connectivity index (χ1) is 13.3. The lowest BCUT2D eigenvalue weighted by Gasteiger charge is -2.30. The predicted octanol–water partition coefficient (Wildman–Crippen LogP) is 3.24. The topological polar surface area (TPSA) is 110 Å². The van der Waals surface area contributed by atoms with Crippen LogP contribution in [0.3, 0.4) is 0 Å². The lowest BCUT2D eigenvalue weighted by molar-refractivity contribution is -0.384. The first kappa shape index (κ1) is 19.8. The number of carbonyl (C=O) groups excluding carboxylic acids is 1. The second-order valence-corrected chi connectivity index (χ2v) is 8.77. The summed E-state index contributed by atoms with van der Waals surface area (Å²) in [4.78, 5) is 25.7. The highest BCUT2D eigenvalue weighted by molar-refractivity contribution is 7.90. The molecule has 1 N–H and O–H groups in total. The molecule has 2 aromatic carbocycles. The van der Waals surface area contributed by atoms with Crippen molar-refractivity contribution in [1.29, 1.82) is 0 Å². The molecule has 0 aromatic heterocycles. The van der Waals surface area contributed by atoms with E-state index in [0.29, 0.717) is 11.4 Å². The zero-order valence-electron chi connectivity index (χ0n) is 15.4. The average Bonchev–Trinajstić information content (AvgIpc) is 2.68. The molecule has 0 aliphatic carbocycles. The lowest BCUT2D eigenvalue weighted by atomic mass is 10.1. The molecule has 0 spiro atoms. The minimum Gasteiger partial charge on any atom is -0.371 e. The molecule has 9 heteroatoms. The Labute approximate surface area is 163 Å². The Morgan fingerprint density at radius 1 is 1.07 bits per heavy atom. The second-order valence-electron chi connectivity index (χ2n) is 6.76. The largest absolute Gasteiger partial charge is 0.371 e. The minimum atomic E-state index is -3.33. The lowest BCUT2D eigenvalue weighted by Crippen LogP contribution is -2.31. The number of hydrogen-bond donors (Lipinski definition) is 1. The van der Waals surface area contributed by atoms with Gasteiger partial charge in [-0.2, -0.15) is 0 Å². The molecule has 1 saturated heterocycles. The van der Waals surface area contributed by atoms with Crippen molar-refractivity contribution in [2.24, 2.45) is 0 Å². The van der Waals surface area contributed by atoms with Gasteiger partial charge in [0.15, 0.2) is 9.84 Å². The van der Waals surface area contributed by atoms with E-state index in [4.69, 9.17) is 0 Å². The quantitative estimate of drug-likeness (QED) is 0.606. The van der Waals surface area contributed by atoms with Crippen LogP contribution in [-0.2, 0) is 9.84 Å². The number of nitrogens with zero attached hydrogens (tertiary/aromatic N) is 2. The second kappa shape index (κ2) is 7.97. The normalized spacial score (nSPS) is 14.5. The van der Waals surface area contributed by atoms with Crippen molar-refractivity contribution in [3.63, 3.8) is 0 Å². The van der Waals surface area contributed by atoms with Gasteiger partial charge in [0, 0.05) is 37.2 Å². The molecule has 0 bridgehead atoms. The maximum absolute atomic E-state index is 12.9. The van der Waals surface area contributed by atoms with Crippen LogP contribution in [0.2, 0.25) is 0 Å². The molecule has 8 nitrogen and oxygen atoms in total. The molecule has 148 valence electrons. The van der Waals surface area contributed by atoms with Crippen LogP contribution in [0.1, 0.15) is 29.6 Å². The Kier molecular flexibility index (Phi) is 5.64. The van der Waals surface area contributed by atoms with Crippen LogP contribution >= 0.6 is 0 Å². The van der Waals surface area contributed by atoms with Gasteiger partial charge < -0.3 is 10.2 Å². The third-order valence-electron chi connectivity index (χ3n) is 4.67. The molecule has 0 atom stereocenters. The summed E-state index contributed by atoms with van der Waals surface area (Å²) in [7, 11) is -3.33. The fraction of sp³-hybridized carbons (Fsp3) is 0.316. The summed E-state index contributed by atoms with van der Waals surface area (Å²) in [6.45, 7) is 1.59. The Hall–Kier alpha value is -2.94. The molecule has 1 aliphatic heterocycles. The number of rotatable bonds is 5. The summed E-state index contributed by atoms with van der Waals surface area (Å²) in [6.07, 6.45) is 4.24. The highest BCUT2D eigenvalue weighted by Gasteiger charge is 2.22. The van der Waals surface area contributed by atoms with Crippen molar-refractivity contribution in [3.05, 3.63) is 58.1 Å². The minimum absolute atomic E-state index is 0.148. The van der Waals surface area contributed by atoms with Crippen LogP contribution in [0.4, 0.5) is 17.1 Å². The van der Waals surface area contributed by atoms with Gasteiger partial charge in [0.2, 0.25) is 0 Å². The average molecular weight is 403 g/mol. The van der Waals surface area contributed by atoms with E-state index < -0.39 is 20.7 Å². The summed E-state index contributed by atoms with van der Waals surface area (Å²) in [6, 6.07) is 10.1.